The van der Waals surface area contributed by atoms with Gasteiger partial charge in [-0.2, -0.15) is 5.26 Å². The largest absolute Gasteiger partial charge is 0.449 e. The number of nitriles is 1. The van der Waals surface area contributed by atoms with Gasteiger partial charge in [-0.15, -0.1) is 0 Å². The molecule has 0 spiro atoms. The van der Waals surface area contributed by atoms with Gasteiger partial charge in [0, 0.05) is 0 Å². The average molecular weight is 140 g/mol. The van der Waals surface area contributed by atoms with Crippen LogP contribution in [0.15, 0.2) is 0 Å². The first-order valence-electron chi connectivity index (χ1n) is 3.11. The number of esters is 1. The van der Waals surface area contributed by atoms with Crippen LogP contribution in [-0.4, -0.2) is 25.2 Å². The van der Waals surface area contributed by atoms with Crippen LogP contribution < -0.4 is 5.32 Å². The van der Waals surface area contributed by atoms with E-state index in [0.717, 1.165) is 13.0 Å². The summed E-state index contributed by atoms with van der Waals surface area (Å²) in [4.78, 5) is 10.7. The Labute approximate surface area is 58.8 Å². The van der Waals surface area contributed by atoms with Gasteiger partial charge in [-0.05, 0) is 13.0 Å². The lowest BCUT2D eigenvalue weighted by molar-refractivity contribution is -0.146. The molecule has 0 radical (unpaired) electrons. The second-order valence-corrected chi connectivity index (χ2v) is 2.06. The summed E-state index contributed by atoms with van der Waals surface area (Å²) in [5.74, 6) is -0.312. The monoisotopic (exact) mass is 140 g/mol. The van der Waals surface area contributed by atoms with Gasteiger partial charge in [-0.1, -0.05) is 0 Å². The van der Waals surface area contributed by atoms with Crippen LogP contribution in [0.2, 0.25) is 0 Å². The van der Waals surface area contributed by atoms with Crippen molar-refractivity contribution < 1.29 is 9.53 Å². The van der Waals surface area contributed by atoms with Crippen molar-refractivity contribution in [1.82, 2.24) is 5.32 Å². The Bertz CT molecular complexity index is 169. The predicted molar refractivity (Wildman–Crippen MR) is 33.0 cm³/mol. The Morgan fingerprint density at radius 1 is 1.90 bits per heavy atom. The lowest BCUT2D eigenvalue weighted by atomic mass is 10.1. The number of nitrogens with one attached hydrogen (secondary N) is 1. The molecule has 0 aromatic carbocycles. The molecule has 0 aromatic heterocycles. The summed E-state index contributed by atoms with van der Waals surface area (Å²) in [7, 11) is 0. The van der Waals surface area contributed by atoms with Gasteiger partial charge in [0.25, 0.3) is 0 Å². The summed E-state index contributed by atoms with van der Waals surface area (Å²) in [5, 5.41) is 10.9. The Balaban J connectivity index is 2.15. The van der Waals surface area contributed by atoms with Gasteiger partial charge in [-0.25, -0.2) is 0 Å². The van der Waals surface area contributed by atoms with Crippen molar-refractivity contribution in [3.05, 3.63) is 0 Å². The first-order valence-corrected chi connectivity index (χ1v) is 3.11. The van der Waals surface area contributed by atoms with Crippen LogP contribution in [0, 0.1) is 11.3 Å². The van der Waals surface area contributed by atoms with Crippen molar-refractivity contribution in [1.29, 1.82) is 5.26 Å². The Hall–Kier alpha value is -1.08. The summed E-state index contributed by atoms with van der Waals surface area (Å²) < 4.78 is 4.53. The van der Waals surface area contributed by atoms with E-state index in [-0.39, 0.29) is 18.6 Å². The summed E-state index contributed by atoms with van der Waals surface area (Å²) in [5.41, 5.74) is 0. The van der Waals surface area contributed by atoms with Gasteiger partial charge >= 0.3 is 5.97 Å². The Morgan fingerprint density at radius 3 is 3.00 bits per heavy atom. The molecule has 54 valence electrons. The van der Waals surface area contributed by atoms with Gasteiger partial charge in [-0.3, -0.25) is 4.79 Å². The second kappa shape index (κ2) is 3.18. The SMILES string of the molecule is N#CCOC(=O)[C@@H]1CCN1. The fraction of sp³-hybridized carbons (Fsp3) is 0.667. The molecule has 0 bridgehead atoms. The van der Waals surface area contributed by atoms with Gasteiger partial charge in [0.05, 0.1) is 0 Å². The lowest BCUT2D eigenvalue weighted by Crippen LogP contribution is -2.49. The highest BCUT2D eigenvalue weighted by molar-refractivity contribution is 5.76. The van der Waals surface area contributed by atoms with Crippen LogP contribution in [0.4, 0.5) is 0 Å². The maximum absolute atomic E-state index is 10.7. The van der Waals surface area contributed by atoms with E-state index in [1.54, 1.807) is 6.07 Å². The molecule has 0 amide bonds. The molecular weight excluding hydrogens is 132 g/mol. The summed E-state index contributed by atoms with van der Waals surface area (Å²) in [6.45, 7) is 0.726. The molecule has 4 nitrogen and oxygen atoms in total. The summed E-state index contributed by atoms with van der Waals surface area (Å²) >= 11 is 0. The molecule has 1 atom stereocenters. The molecule has 1 rings (SSSR count). The molecule has 0 saturated carbocycles. The predicted octanol–water partition coefficient (Wildman–Crippen LogP) is -0.585. The zero-order chi connectivity index (χ0) is 7.40. The van der Waals surface area contributed by atoms with E-state index in [2.05, 4.69) is 10.1 Å². The van der Waals surface area contributed by atoms with Crippen molar-refractivity contribution in [2.24, 2.45) is 0 Å². The number of rotatable bonds is 2. The van der Waals surface area contributed by atoms with Crippen molar-refractivity contribution in [2.45, 2.75) is 12.5 Å². The smallest absolute Gasteiger partial charge is 0.324 e. The molecule has 0 unspecified atom stereocenters. The van der Waals surface area contributed by atoms with Crippen molar-refractivity contribution >= 4 is 5.97 Å². The third-order valence-corrected chi connectivity index (χ3v) is 1.39. The van der Waals surface area contributed by atoms with E-state index in [4.69, 9.17) is 5.26 Å². The average Bonchev–Trinajstić information content (AvgIpc) is 1.79. The van der Waals surface area contributed by atoms with Crippen LogP contribution in [0.5, 0.6) is 0 Å². The first-order chi connectivity index (χ1) is 4.84. The highest BCUT2D eigenvalue weighted by Crippen LogP contribution is 2.02. The molecule has 1 aliphatic rings. The third-order valence-electron chi connectivity index (χ3n) is 1.39. The van der Waals surface area contributed by atoms with Crippen LogP contribution in [0.1, 0.15) is 6.42 Å². The summed E-state index contributed by atoms with van der Waals surface area (Å²) in [6, 6.07) is 1.57. The van der Waals surface area contributed by atoms with Crippen LogP contribution in [-0.2, 0) is 9.53 Å². The first kappa shape index (κ1) is 7.03. The molecule has 4 heteroatoms. The van der Waals surface area contributed by atoms with E-state index in [1.165, 1.54) is 0 Å². The topological polar surface area (TPSA) is 62.1 Å². The highest BCUT2D eigenvalue weighted by Gasteiger charge is 2.25. The van der Waals surface area contributed by atoms with Crippen LogP contribution in [0.3, 0.4) is 0 Å². The number of carbonyl (C=O) groups is 1. The highest BCUT2D eigenvalue weighted by atomic mass is 16.5. The standard InChI is InChI=1S/C6H8N2O2/c7-2-4-10-6(9)5-1-3-8-5/h5,8H,1,3-4H2/t5-/m0/s1. The van der Waals surface area contributed by atoms with Gasteiger partial charge in [0.1, 0.15) is 12.1 Å². The van der Waals surface area contributed by atoms with E-state index >= 15 is 0 Å². The maximum atomic E-state index is 10.7. The zero-order valence-corrected chi connectivity index (χ0v) is 5.46. The van der Waals surface area contributed by atoms with Gasteiger partial charge in [0.2, 0.25) is 0 Å². The maximum Gasteiger partial charge on any atom is 0.324 e. The van der Waals surface area contributed by atoms with E-state index in [0.29, 0.717) is 0 Å². The molecule has 1 fully saturated rings. The molecule has 1 N–H and O–H groups in total. The minimum atomic E-state index is -0.312. The Kier molecular flexibility index (Phi) is 2.24. The normalized spacial score (nSPS) is 22.5. The fourth-order valence-electron chi connectivity index (χ4n) is 0.694. The molecular formula is C6H8N2O2. The fourth-order valence-corrected chi connectivity index (χ4v) is 0.694. The lowest BCUT2D eigenvalue weighted by Gasteiger charge is -2.24. The zero-order valence-electron chi connectivity index (χ0n) is 5.46. The summed E-state index contributed by atoms with van der Waals surface area (Å²) in [6.07, 6.45) is 0.824. The third kappa shape index (κ3) is 1.45. The Morgan fingerprint density at radius 2 is 2.60 bits per heavy atom. The quantitative estimate of drug-likeness (QED) is 0.521. The number of hydrogen-bond acceptors (Lipinski definition) is 4. The van der Waals surface area contributed by atoms with E-state index in [9.17, 15) is 4.79 Å². The minimum absolute atomic E-state index is 0.142. The van der Waals surface area contributed by atoms with Crippen LogP contribution in [0.25, 0.3) is 0 Å². The molecule has 10 heavy (non-hydrogen) atoms. The number of carbonyl (C=O) groups excluding carboxylic acids is 1. The number of hydrogen-bond donors (Lipinski definition) is 1. The molecule has 0 aromatic rings. The van der Waals surface area contributed by atoms with E-state index in [1.807, 2.05) is 0 Å². The minimum Gasteiger partial charge on any atom is -0.449 e. The van der Waals surface area contributed by atoms with Gasteiger partial charge in [0.15, 0.2) is 6.61 Å². The van der Waals surface area contributed by atoms with Crippen LogP contribution >= 0.6 is 0 Å². The molecule has 0 aliphatic carbocycles. The molecule has 1 saturated heterocycles. The second-order valence-electron chi connectivity index (χ2n) is 2.06. The van der Waals surface area contributed by atoms with Crippen molar-refractivity contribution in [2.75, 3.05) is 13.2 Å². The number of nitrogens with zero attached hydrogens (tertiary/aromatic N) is 1. The van der Waals surface area contributed by atoms with Crippen molar-refractivity contribution in [3.8, 4) is 6.07 Å². The number of ether oxygens (including phenoxy) is 1. The van der Waals surface area contributed by atoms with E-state index < -0.39 is 0 Å². The van der Waals surface area contributed by atoms with Crippen molar-refractivity contribution in [3.63, 3.8) is 0 Å². The molecule has 1 heterocycles. The molecule has 1 aliphatic heterocycles. The van der Waals surface area contributed by atoms with Gasteiger partial charge < -0.3 is 10.1 Å².